The van der Waals surface area contributed by atoms with Gasteiger partial charge in [-0.3, -0.25) is 28.8 Å². The van der Waals surface area contributed by atoms with E-state index in [0.717, 1.165) is 16.7 Å². The number of carbonyl (C=O) groups excluding carboxylic acids is 6. The number of hydrogen-bond donors (Lipinski definition) is 4. The minimum atomic E-state index is -1.39. The van der Waals surface area contributed by atoms with E-state index in [4.69, 9.17) is 15.2 Å². The molecule has 3 aliphatic heterocycles. The number of likely N-dealkylation sites (tertiary alicyclic amines) is 1. The Kier molecular flexibility index (Phi) is 11.3. The van der Waals surface area contributed by atoms with Crippen LogP contribution in [0.2, 0.25) is 0 Å². The Balaban J connectivity index is 0.976. The lowest BCUT2D eigenvalue weighted by Gasteiger charge is -2.33. The second-order valence-corrected chi connectivity index (χ2v) is 14.0. The highest BCUT2D eigenvalue weighted by atomic mass is 16.5. The van der Waals surface area contributed by atoms with Crippen LogP contribution in [0.1, 0.15) is 60.6 Å². The van der Waals surface area contributed by atoms with Crippen LogP contribution in [0.5, 0.6) is 11.5 Å². The molecule has 4 heterocycles. The number of methoxy groups -OCH3 is 2. The molecule has 1 aromatic heterocycles. The van der Waals surface area contributed by atoms with E-state index in [1.165, 1.54) is 19.1 Å². The Morgan fingerprint density at radius 2 is 1.83 bits per heavy atom. The van der Waals surface area contributed by atoms with Crippen molar-refractivity contribution in [3.63, 3.8) is 0 Å². The standard InChI is InChI=1S/C37H45N9O8/c1-37(33(49)36(52)39-16-22-8-9-29(53-2)30(12-22)54-3)10-5-11-46(37)32(48)17-40-35(51)28-13-25(34(50)41-28)14-31(47)44-18-23-6-4-7-24(27(23)21-44)19-45-20-26(15-38)42-43-45/h4,6-9,12,20,25,28H,5,10-11,13-19,21,38H2,1-3H3,(H,39,52)(H,40,51)(H,41,50)/t25-,28?,37-/m0/s1. The molecule has 3 atom stereocenters. The molecular weight excluding hydrogens is 698 g/mol. The van der Waals surface area contributed by atoms with Crippen LogP contribution >= 0.6 is 0 Å². The largest absolute Gasteiger partial charge is 0.493 e. The third kappa shape index (κ3) is 7.90. The van der Waals surface area contributed by atoms with Crippen LogP contribution in [-0.4, -0.2) is 99.0 Å². The summed E-state index contributed by atoms with van der Waals surface area (Å²) in [5, 5.41) is 16.0. The van der Waals surface area contributed by atoms with E-state index in [0.29, 0.717) is 48.8 Å². The number of nitrogens with one attached hydrogen (secondary N) is 3. The fourth-order valence-corrected chi connectivity index (χ4v) is 7.41. The molecule has 3 aromatic rings. The van der Waals surface area contributed by atoms with Gasteiger partial charge < -0.3 is 41.0 Å². The highest BCUT2D eigenvalue weighted by molar-refractivity contribution is 6.39. The number of rotatable bonds is 14. The van der Waals surface area contributed by atoms with Gasteiger partial charge >= 0.3 is 0 Å². The summed E-state index contributed by atoms with van der Waals surface area (Å²) in [7, 11) is 3.01. The van der Waals surface area contributed by atoms with E-state index in [-0.39, 0.29) is 44.8 Å². The van der Waals surface area contributed by atoms with Gasteiger partial charge in [0.1, 0.15) is 11.6 Å². The lowest BCUT2D eigenvalue weighted by Crippen LogP contribution is -2.57. The molecule has 17 nitrogen and oxygen atoms in total. The number of Topliss-reactive ketones (excluding diaryl/α,β-unsaturated/α-hetero) is 1. The monoisotopic (exact) mass is 743 g/mol. The Labute approximate surface area is 311 Å². The quantitative estimate of drug-likeness (QED) is 0.160. The van der Waals surface area contributed by atoms with Crippen molar-refractivity contribution in [3.8, 4) is 11.5 Å². The van der Waals surface area contributed by atoms with E-state index in [9.17, 15) is 28.8 Å². The van der Waals surface area contributed by atoms with Crippen molar-refractivity contribution in [2.75, 3.05) is 27.3 Å². The first kappa shape index (κ1) is 37.9. The number of ether oxygens (including phenoxy) is 2. The highest BCUT2D eigenvalue weighted by Gasteiger charge is 2.48. The number of amides is 5. The van der Waals surface area contributed by atoms with Crippen LogP contribution in [0, 0.1) is 5.92 Å². The number of ketones is 1. The number of fused-ring (bicyclic) bond motifs is 1. The second-order valence-electron chi connectivity index (χ2n) is 14.0. The van der Waals surface area contributed by atoms with Gasteiger partial charge in [0.2, 0.25) is 29.4 Å². The Morgan fingerprint density at radius 1 is 1.04 bits per heavy atom. The summed E-state index contributed by atoms with van der Waals surface area (Å²) in [5.41, 5.74) is 8.68. The Bertz CT molecular complexity index is 1960. The van der Waals surface area contributed by atoms with Gasteiger partial charge in [-0.05, 0) is 60.6 Å². The normalized spacial score (nSPS) is 20.3. The molecule has 6 rings (SSSR count). The molecule has 2 fully saturated rings. The van der Waals surface area contributed by atoms with Gasteiger partial charge in [0, 0.05) is 45.1 Å². The first-order valence-electron chi connectivity index (χ1n) is 17.8. The van der Waals surface area contributed by atoms with Gasteiger partial charge in [-0.2, -0.15) is 0 Å². The zero-order chi connectivity index (χ0) is 38.6. The topological polar surface area (TPSA) is 220 Å². The summed E-state index contributed by atoms with van der Waals surface area (Å²) in [5.74, 6) is -3.03. The summed E-state index contributed by atoms with van der Waals surface area (Å²) in [6, 6.07) is 10.1. The summed E-state index contributed by atoms with van der Waals surface area (Å²) >= 11 is 0. The van der Waals surface area contributed by atoms with Gasteiger partial charge in [-0.15, -0.1) is 5.10 Å². The zero-order valence-electron chi connectivity index (χ0n) is 30.6. The first-order chi connectivity index (χ1) is 25.9. The predicted octanol–water partition coefficient (Wildman–Crippen LogP) is -0.0779. The number of carbonyl (C=O) groups is 6. The van der Waals surface area contributed by atoms with Gasteiger partial charge in [-0.1, -0.05) is 29.5 Å². The third-order valence-electron chi connectivity index (χ3n) is 10.5. The molecule has 2 saturated heterocycles. The molecule has 0 spiro atoms. The van der Waals surface area contributed by atoms with Crippen LogP contribution < -0.4 is 31.2 Å². The van der Waals surface area contributed by atoms with Crippen molar-refractivity contribution in [1.82, 2.24) is 40.7 Å². The number of nitrogens with zero attached hydrogens (tertiary/aromatic N) is 5. The fourth-order valence-electron chi connectivity index (χ4n) is 7.41. The van der Waals surface area contributed by atoms with Crippen LogP contribution in [0.15, 0.2) is 42.6 Å². The molecule has 1 unspecified atom stereocenters. The molecule has 2 aromatic carbocycles. The van der Waals surface area contributed by atoms with E-state index in [1.54, 1.807) is 40.9 Å². The van der Waals surface area contributed by atoms with E-state index in [1.807, 2.05) is 18.2 Å². The molecule has 0 bridgehead atoms. The van der Waals surface area contributed by atoms with Crippen molar-refractivity contribution >= 4 is 35.3 Å². The first-order valence-corrected chi connectivity index (χ1v) is 17.8. The van der Waals surface area contributed by atoms with Gasteiger partial charge in [-0.25, -0.2) is 4.68 Å². The Morgan fingerprint density at radius 3 is 2.57 bits per heavy atom. The summed E-state index contributed by atoms with van der Waals surface area (Å²) < 4.78 is 12.2. The molecule has 17 heteroatoms. The number of benzene rings is 2. The smallest absolute Gasteiger partial charge is 0.290 e. The van der Waals surface area contributed by atoms with Gasteiger partial charge in [0.15, 0.2) is 11.5 Å². The van der Waals surface area contributed by atoms with Crippen molar-refractivity contribution in [2.24, 2.45) is 11.7 Å². The highest BCUT2D eigenvalue weighted by Crippen LogP contribution is 2.32. The molecule has 286 valence electrons. The minimum absolute atomic E-state index is 0.0544. The zero-order valence-corrected chi connectivity index (χ0v) is 30.6. The van der Waals surface area contributed by atoms with Crippen LogP contribution in [0.3, 0.4) is 0 Å². The number of aromatic nitrogens is 3. The average molecular weight is 744 g/mol. The van der Waals surface area contributed by atoms with E-state index < -0.39 is 53.5 Å². The predicted molar refractivity (Wildman–Crippen MR) is 191 cm³/mol. The molecule has 0 saturated carbocycles. The fraction of sp³-hybridized carbons (Fsp3) is 0.459. The summed E-state index contributed by atoms with van der Waals surface area (Å²) in [6.45, 7) is 2.98. The minimum Gasteiger partial charge on any atom is -0.493 e. The molecule has 5 amide bonds. The van der Waals surface area contributed by atoms with E-state index in [2.05, 4.69) is 26.3 Å². The van der Waals surface area contributed by atoms with Crippen LogP contribution in [0.4, 0.5) is 0 Å². The maximum atomic E-state index is 13.4. The number of nitrogens with two attached hydrogens (primary N) is 1. The van der Waals surface area contributed by atoms with Crippen molar-refractivity contribution < 1.29 is 38.2 Å². The van der Waals surface area contributed by atoms with Crippen LogP contribution in [0.25, 0.3) is 0 Å². The molecule has 0 radical (unpaired) electrons. The van der Waals surface area contributed by atoms with Crippen molar-refractivity contribution in [2.45, 2.75) is 76.9 Å². The Hall–Kier alpha value is -5.84. The van der Waals surface area contributed by atoms with Crippen molar-refractivity contribution in [3.05, 3.63) is 70.5 Å². The van der Waals surface area contributed by atoms with Crippen LogP contribution in [-0.2, 0) is 61.5 Å². The lowest BCUT2D eigenvalue weighted by molar-refractivity contribution is -0.149. The maximum absolute atomic E-state index is 13.4. The molecule has 0 aliphatic carbocycles. The SMILES string of the molecule is COc1ccc(CNC(=O)C(=O)[C@]2(C)CCCN2C(=O)CNC(=O)C2C[C@@H](CC(=O)N3Cc4cccc(Cn5cc(CN)nn5)c4C3)C(=O)N2)cc1OC. The summed E-state index contributed by atoms with van der Waals surface area (Å²) in [4.78, 5) is 82.0. The second kappa shape index (κ2) is 16.0. The molecular formula is C37H45N9O8. The van der Waals surface area contributed by atoms with Gasteiger partial charge in [0.25, 0.3) is 5.91 Å². The van der Waals surface area contributed by atoms with Crippen molar-refractivity contribution in [1.29, 1.82) is 0 Å². The van der Waals surface area contributed by atoms with E-state index >= 15 is 0 Å². The molecule has 5 N–H and O–H groups in total. The molecule has 3 aliphatic rings. The number of hydrogen-bond acceptors (Lipinski definition) is 11. The molecule has 54 heavy (non-hydrogen) atoms. The average Bonchev–Trinajstić information content (AvgIpc) is 3.99. The lowest BCUT2D eigenvalue weighted by atomic mass is 9.92. The van der Waals surface area contributed by atoms with Gasteiger partial charge in [0.05, 0.1) is 39.2 Å². The third-order valence-corrected chi connectivity index (χ3v) is 10.5. The summed E-state index contributed by atoms with van der Waals surface area (Å²) in [6.07, 6.45) is 2.59. The maximum Gasteiger partial charge on any atom is 0.290 e.